The zero-order valence-corrected chi connectivity index (χ0v) is 14.3. The fraction of sp³-hybridized carbons (Fsp3) is 0.111. The molecule has 0 heterocycles. The van der Waals surface area contributed by atoms with E-state index in [1.54, 1.807) is 18.2 Å². The number of nitriles is 1. The van der Waals surface area contributed by atoms with Crippen LogP contribution in [0.15, 0.2) is 46.4 Å². The van der Waals surface area contributed by atoms with Crippen LogP contribution in [0.25, 0.3) is 6.08 Å². The van der Waals surface area contributed by atoms with E-state index >= 15 is 0 Å². The van der Waals surface area contributed by atoms with Crippen molar-refractivity contribution in [3.05, 3.63) is 63.1 Å². The maximum atomic E-state index is 12.3. The van der Waals surface area contributed by atoms with Crippen molar-refractivity contribution in [2.24, 2.45) is 0 Å². The number of aromatic hydroxyl groups is 1. The van der Waals surface area contributed by atoms with Crippen LogP contribution in [0.4, 0.5) is 5.69 Å². The standard InChI is InChI=1S/C18H15BrN2O2/c1-11-4-3-5-16(12(11)2)21-18(23)14(10-20)8-13-9-15(19)6-7-17(13)22/h3-9,22H,1-2H3,(H,21,23)/b14-8+. The van der Waals surface area contributed by atoms with Gasteiger partial charge in [0.15, 0.2) is 0 Å². The predicted octanol–water partition coefficient (Wildman–Crippen LogP) is 4.32. The molecule has 0 aliphatic heterocycles. The third-order valence-electron chi connectivity index (χ3n) is 3.51. The first-order valence-electron chi connectivity index (χ1n) is 6.90. The molecular weight excluding hydrogens is 356 g/mol. The first-order chi connectivity index (χ1) is 10.9. The molecule has 0 bridgehead atoms. The Morgan fingerprint density at radius 1 is 1.30 bits per heavy atom. The highest BCUT2D eigenvalue weighted by atomic mass is 79.9. The molecule has 0 saturated heterocycles. The van der Waals surface area contributed by atoms with Gasteiger partial charge >= 0.3 is 0 Å². The third-order valence-corrected chi connectivity index (χ3v) is 4.00. The molecule has 1 amide bonds. The second kappa shape index (κ2) is 7.12. The van der Waals surface area contributed by atoms with Crippen molar-refractivity contribution in [3.63, 3.8) is 0 Å². The quantitative estimate of drug-likeness (QED) is 0.624. The number of benzene rings is 2. The van der Waals surface area contributed by atoms with E-state index in [1.165, 1.54) is 12.1 Å². The van der Waals surface area contributed by atoms with Crippen molar-refractivity contribution in [1.82, 2.24) is 0 Å². The average Bonchev–Trinajstić information content (AvgIpc) is 2.52. The summed E-state index contributed by atoms with van der Waals surface area (Å²) in [5, 5.41) is 21.8. The number of hydrogen-bond donors (Lipinski definition) is 2. The van der Waals surface area contributed by atoms with E-state index in [4.69, 9.17) is 0 Å². The molecule has 23 heavy (non-hydrogen) atoms. The van der Waals surface area contributed by atoms with Gasteiger partial charge in [0.2, 0.25) is 0 Å². The molecule has 0 atom stereocenters. The lowest BCUT2D eigenvalue weighted by atomic mass is 10.1. The Kier molecular flexibility index (Phi) is 5.20. The maximum absolute atomic E-state index is 12.3. The molecule has 0 aliphatic carbocycles. The fourth-order valence-electron chi connectivity index (χ4n) is 2.02. The molecule has 2 N–H and O–H groups in total. The number of aryl methyl sites for hydroxylation is 1. The first kappa shape index (κ1) is 16.8. The predicted molar refractivity (Wildman–Crippen MR) is 93.9 cm³/mol. The minimum absolute atomic E-state index is 0.000450. The first-order valence-corrected chi connectivity index (χ1v) is 7.69. The summed E-state index contributed by atoms with van der Waals surface area (Å²) in [6.45, 7) is 3.85. The summed E-state index contributed by atoms with van der Waals surface area (Å²) in [7, 11) is 0. The number of phenols is 1. The monoisotopic (exact) mass is 370 g/mol. The van der Waals surface area contributed by atoms with Crippen molar-refractivity contribution in [1.29, 1.82) is 5.26 Å². The van der Waals surface area contributed by atoms with Crippen LogP contribution in [-0.2, 0) is 4.79 Å². The number of rotatable bonds is 3. The van der Waals surface area contributed by atoms with Crippen LogP contribution in [-0.4, -0.2) is 11.0 Å². The number of halogens is 1. The molecule has 2 aromatic rings. The van der Waals surface area contributed by atoms with Crippen molar-refractivity contribution in [3.8, 4) is 11.8 Å². The molecule has 0 unspecified atom stereocenters. The summed E-state index contributed by atoms with van der Waals surface area (Å²) in [4.78, 5) is 12.3. The molecule has 0 aliphatic rings. The van der Waals surface area contributed by atoms with Crippen LogP contribution in [0.3, 0.4) is 0 Å². The lowest BCUT2D eigenvalue weighted by Gasteiger charge is -2.10. The van der Waals surface area contributed by atoms with Gasteiger partial charge in [0, 0.05) is 15.7 Å². The van der Waals surface area contributed by atoms with Gasteiger partial charge in [0.1, 0.15) is 17.4 Å². The third kappa shape index (κ3) is 3.99. The van der Waals surface area contributed by atoms with Gasteiger partial charge in [-0.05, 0) is 55.3 Å². The van der Waals surface area contributed by atoms with E-state index in [2.05, 4.69) is 21.2 Å². The Morgan fingerprint density at radius 2 is 2.04 bits per heavy atom. The molecule has 0 aromatic heterocycles. The van der Waals surface area contributed by atoms with Crippen molar-refractivity contribution < 1.29 is 9.90 Å². The molecule has 116 valence electrons. The summed E-state index contributed by atoms with van der Waals surface area (Å²) >= 11 is 3.29. The van der Waals surface area contributed by atoms with E-state index in [-0.39, 0.29) is 11.3 Å². The molecule has 2 rings (SSSR count). The van der Waals surface area contributed by atoms with Crippen molar-refractivity contribution in [2.75, 3.05) is 5.32 Å². The number of hydrogen-bond acceptors (Lipinski definition) is 3. The molecule has 5 heteroatoms. The SMILES string of the molecule is Cc1cccc(NC(=O)/C(C#N)=C/c2cc(Br)ccc2O)c1C. The number of nitrogens with zero attached hydrogens (tertiary/aromatic N) is 1. The number of amides is 1. The van der Waals surface area contributed by atoms with Crippen LogP contribution < -0.4 is 5.32 Å². The van der Waals surface area contributed by atoms with Gasteiger partial charge in [-0.1, -0.05) is 28.1 Å². The van der Waals surface area contributed by atoms with Gasteiger partial charge in [0.05, 0.1) is 0 Å². The number of anilines is 1. The van der Waals surface area contributed by atoms with Gasteiger partial charge in [-0.2, -0.15) is 5.26 Å². The van der Waals surface area contributed by atoms with E-state index < -0.39 is 5.91 Å². The minimum atomic E-state index is -0.513. The van der Waals surface area contributed by atoms with Crippen LogP contribution >= 0.6 is 15.9 Å². The molecule has 0 spiro atoms. The fourth-order valence-corrected chi connectivity index (χ4v) is 2.40. The van der Waals surface area contributed by atoms with E-state index in [9.17, 15) is 15.2 Å². The molecule has 4 nitrogen and oxygen atoms in total. The van der Waals surface area contributed by atoms with Gasteiger partial charge in [0.25, 0.3) is 5.91 Å². The van der Waals surface area contributed by atoms with Crippen molar-refractivity contribution >= 4 is 33.6 Å². The average molecular weight is 371 g/mol. The summed E-state index contributed by atoms with van der Waals surface area (Å²) in [6, 6.07) is 12.3. The van der Waals surface area contributed by atoms with Crippen LogP contribution in [0, 0.1) is 25.2 Å². The van der Waals surface area contributed by atoms with Crippen LogP contribution in [0.1, 0.15) is 16.7 Å². The normalized spacial score (nSPS) is 11.0. The minimum Gasteiger partial charge on any atom is -0.507 e. The second-order valence-electron chi connectivity index (χ2n) is 5.07. The molecule has 2 aromatic carbocycles. The highest BCUT2D eigenvalue weighted by molar-refractivity contribution is 9.10. The van der Waals surface area contributed by atoms with Crippen LogP contribution in [0.5, 0.6) is 5.75 Å². The van der Waals surface area contributed by atoms with E-state index in [0.717, 1.165) is 15.6 Å². The summed E-state index contributed by atoms with van der Waals surface area (Å²) in [5.74, 6) is -0.513. The van der Waals surface area contributed by atoms with Gasteiger partial charge in [-0.25, -0.2) is 0 Å². The highest BCUT2D eigenvalue weighted by Gasteiger charge is 2.12. The maximum Gasteiger partial charge on any atom is 0.266 e. The molecule has 0 saturated carbocycles. The smallest absolute Gasteiger partial charge is 0.266 e. The number of carbonyl (C=O) groups excluding carboxylic acids is 1. The Morgan fingerprint density at radius 3 is 2.74 bits per heavy atom. The summed E-state index contributed by atoms with van der Waals surface area (Å²) in [5.41, 5.74) is 2.97. The Labute approximate surface area is 143 Å². The molecular formula is C18H15BrN2O2. The highest BCUT2D eigenvalue weighted by Crippen LogP contribution is 2.25. The summed E-state index contributed by atoms with van der Waals surface area (Å²) < 4.78 is 0.744. The zero-order chi connectivity index (χ0) is 17.0. The molecule has 0 fully saturated rings. The van der Waals surface area contributed by atoms with Crippen LogP contribution in [0.2, 0.25) is 0 Å². The summed E-state index contributed by atoms with van der Waals surface area (Å²) in [6.07, 6.45) is 1.36. The lowest BCUT2D eigenvalue weighted by molar-refractivity contribution is -0.112. The Hall–Kier alpha value is -2.58. The topological polar surface area (TPSA) is 73.1 Å². The van der Waals surface area contributed by atoms with E-state index in [1.807, 2.05) is 32.0 Å². The number of carbonyl (C=O) groups is 1. The largest absolute Gasteiger partial charge is 0.507 e. The van der Waals surface area contributed by atoms with Gasteiger partial charge in [-0.15, -0.1) is 0 Å². The van der Waals surface area contributed by atoms with Gasteiger partial charge < -0.3 is 10.4 Å². The number of nitrogens with one attached hydrogen (secondary N) is 1. The lowest BCUT2D eigenvalue weighted by Crippen LogP contribution is -2.14. The zero-order valence-electron chi connectivity index (χ0n) is 12.7. The number of phenolic OH excluding ortho intramolecular Hbond substituents is 1. The molecule has 0 radical (unpaired) electrons. The van der Waals surface area contributed by atoms with Gasteiger partial charge in [-0.3, -0.25) is 4.79 Å². The second-order valence-corrected chi connectivity index (χ2v) is 5.99. The van der Waals surface area contributed by atoms with E-state index in [0.29, 0.717) is 11.3 Å². The Balaban J connectivity index is 2.32. The van der Waals surface area contributed by atoms with Crippen molar-refractivity contribution in [2.45, 2.75) is 13.8 Å². The Bertz CT molecular complexity index is 835.